The second-order valence-corrected chi connectivity index (χ2v) is 7.31. The molecule has 148 valence electrons. The van der Waals surface area contributed by atoms with Crippen molar-refractivity contribution in [2.24, 2.45) is 16.0 Å². The van der Waals surface area contributed by atoms with E-state index in [0.29, 0.717) is 27.5 Å². The maximum Gasteiger partial charge on any atom is 0.351 e. The molecule has 0 saturated carbocycles. The molecule has 0 fully saturated rings. The Labute approximate surface area is 175 Å². The quantitative estimate of drug-likeness (QED) is 0.721. The Kier molecular flexibility index (Phi) is 5.12. The van der Waals surface area contributed by atoms with Gasteiger partial charge in [0, 0.05) is 5.92 Å². The monoisotopic (exact) mass is 432 g/mol. The van der Waals surface area contributed by atoms with Crippen LogP contribution in [0.25, 0.3) is 5.82 Å². The third kappa shape index (κ3) is 3.89. The van der Waals surface area contributed by atoms with Gasteiger partial charge in [-0.25, -0.2) is 9.78 Å². The van der Waals surface area contributed by atoms with Crippen molar-refractivity contribution < 1.29 is 9.48 Å². The number of rotatable bonds is 4. The first kappa shape index (κ1) is 19.2. The Morgan fingerprint density at radius 2 is 2.03 bits per heavy atom. The zero-order valence-electron chi connectivity index (χ0n) is 15.4. The number of hydrogen-bond acceptors (Lipinski definition) is 6. The lowest BCUT2D eigenvalue weighted by Crippen LogP contribution is -2.49. The lowest BCUT2D eigenvalue weighted by Gasteiger charge is -2.20. The average Bonchev–Trinajstić information content (AvgIpc) is 3.30. The van der Waals surface area contributed by atoms with Crippen molar-refractivity contribution in [1.82, 2.24) is 25.3 Å². The maximum atomic E-state index is 12.5. The molecule has 0 radical (unpaired) electrons. The van der Waals surface area contributed by atoms with Crippen molar-refractivity contribution in [1.29, 1.82) is 0 Å². The second kappa shape index (κ2) is 7.72. The summed E-state index contributed by atoms with van der Waals surface area (Å²) >= 11 is 12.2. The number of amides is 2. The highest BCUT2D eigenvalue weighted by molar-refractivity contribution is 6.68. The molecule has 0 spiro atoms. The lowest BCUT2D eigenvalue weighted by molar-refractivity contribution is -0.483. The van der Waals surface area contributed by atoms with Crippen LogP contribution in [0.2, 0.25) is 5.02 Å². The van der Waals surface area contributed by atoms with Crippen LogP contribution >= 0.6 is 23.2 Å². The van der Waals surface area contributed by atoms with E-state index in [-0.39, 0.29) is 5.92 Å². The topological polar surface area (TPSA) is 112 Å². The molecule has 1 unspecified atom stereocenters. The molecule has 12 heteroatoms. The predicted octanol–water partition coefficient (Wildman–Crippen LogP) is 2.41. The lowest BCUT2D eigenvalue weighted by atomic mass is 10.00. The number of fused-ring (bicyclic) bond motifs is 1. The summed E-state index contributed by atoms with van der Waals surface area (Å²) < 4.78 is 1.66. The van der Waals surface area contributed by atoms with E-state index in [1.165, 1.54) is 23.4 Å². The first-order valence-electron chi connectivity index (χ1n) is 8.69. The molecule has 2 aliphatic heterocycles. The van der Waals surface area contributed by atoms with Gasteiger partial charge in [-0.1, -0.05) is 46.8 Å². The Morgan fingerprint density at radius 3 is 2.72 bits per heavy atom. The normalized spacial score (nSPS) is 17.9. The Bertz CT molecular complexity index is 1090. The van der Waals surface area contributed by atoms with E-state index >= 15 is 0 Å². The molecule has 2 aliphatic rings. The molecule has 2 amide bonds. The SMILES string of the molecule is CC(C)C1=[N+]2N=C(Cl)C=C2N=CC1NC(=O)Nc1cnc(-n2nccn2)c(Cl)c1. The minimum absolute atomic E-state index is 0.0960. The molecule has 10 nitrogen and oxygen atoms in total. The van der Waals surface area contributed by atoms with Crippen molar-refractivity contribution in [2.45, 2.75) is 19.9 Å². The number of aromatic nitrogens is 4. The van der Waals surface area contributed by atoms with Crippen LogP contribution in [0.15, 0.2) is 46.6 Å². The third-order valence-electron chi connectivity index (χ3n) is 4.15. The molecule has 4 rings (SSSR count). The van der Waals surface area contributed by atoms with E-state index in [4.69, 9.17) is 23.2 Å². The second-order valence-electron chi connectivity index (χ2n) is 6.52. The van der Waals surface area contributed by atoms with Gasteiger partial charge < -0.3 is 10.6 Å². The standard InChI is InChI=1S/C17H15Cl2N9O/c1-9(2)15-12(8-20-14-6-13(19)26-27(14)15)25-17(29)24-10-5-11(18)16(21-7-10)28-22-3-4-23-28/h3-9,12H,1-2H3,(H-,24,25,29)/p+1. The summed E-state index contributed by atoms with van der Waals surface area (Å²) in [6, 6.07) is 0.679. The Morgan fingerprint density at radius 1 is 1.28 bits per heavy atom. The van der Waals surface area contributed by atoms with Gasteiger partial charge in [-0.3, -0.25) is 0 Å². The molecule has 29 heavy (non-hydrogen) atoms. The number of carbonyl (C=O) groups excluding carboxylic acids is 1. The van der Waals surface area contributed by atoms with Crippen LogP contribution in [0.4, 0.5) is 10.5 Å². The van der Waals surface area contributed by atoms with Gasteiger partial charge in [-0.05, 0) is 11.1 Å². The smallest absolute Gasteiger partial charge is 0.321 e. The molecular formula is C17H16Cl2N9O+. The number of aliphatic imine (C=N–C) groups is 1. The molecule has 0 aromatic carbocycles. The molecule has 2 aromatic rings. The zero-order valence-corrected chi connectivity index (χ0v) is 16.9. The summed E-state index contributed by atoms with van der Waals surface area (Å²) in [5, 5.41) is 18.4. The van der Waals surface area contributed by atoms with Crippen LogP contribution in [-0.4, -0.2) is 53.8 Å². The fourth-order valence-electron chi connectivity index (χ4n) is 2.98. The summed E-state index contributed by atoms with van der Waals surface area (Å²) in [6.45, 7) is 4.01. The molecule has 2 N–H and O–H groups in total. The van der Waals surface area contributed by atoms with E-state index in [9.17, 15) is 4.79 Å². The van der Waals surface area contributed by atoms with E-state index in [2.05, 4.69) is 35.9 Å². The van der Waals surface area contributed by atoms with Crippen LogP contribution in [0, 0.1) is 5.92 Å². The number of allylic oxidation sites excluding steroid dienone is 1. The van der Waals surface area contributed by atoms with E-state index in [0.717, 1.165) is 5.71 Å². The number of hydrogen-bond donors (Lipinski definition) is 2. The first-order chi connectivity index (χ1) is 13.9. The van der Waals surface area contributed by atoms with Crippen molar-refractivity contribution in [3.63, 3.8) is 0 Å². The fourth-order valence-corrected chi connectivity index (χ4v) is 3.39. The summed E-state index contributed by atoms with van der Waals surface area (Å²) in [5.41, 5.74) is 1.28. The number of nitrogens with one attached hydrogen (secondary N) is 2. The van der Waals surface area contributed by atoms with Gasteiger partial charge in [-0.2, -0.15) is 10.2 Å². The van der Waals surface area contributed by atoms with Gasteiger partial charge in [0.2, 0.25) is 0 Å². The predicted molar refractivity (Wildman–Crippen MR) is 110 cm³/mol. The zero-order chi connectivity index (χ0) is 20.5. The van der Waals surface area contributed by atoms with Gasteiger partial charge in [0.15, 0.2) is 17.0 Å². The molecule has 0 saturated heterocycles. The number of nitrogens with zero attached hydrogens (tertiary/aromatic N) is 7. The highest BCUT2D eigenvalue weighted by Gasteiger charge is 2.36. The summed E-state index contributed by atoms with van der Waals surface area (Å²) in [5.74, 6) is 1.08. The molecule has 0 aliphatic carbocycles. The van der Waals surface area contributed by atoms with Crippen LogP contribution in [0.1, 0.15) is 13.8 Å². The van der Waals surface area contributed by atoms with Gasteiger partial charge in [0.1, 0.15) is 11.9 Å². The van der Waals surface area contributed by atoms with Crippen LogP contribution in [0.5, 0.6) is 0 Å². The maximum absolute atomic E-state index is 12.5. The molecule has 1 atom stereocenters. The number of urea groups is 1. The molecule has 0 bridgehead atoms. The van der Waals surface area contributed by atoms with Crippen molar-refractivity contribution in [3.05, 3.63) is 41.6 Å². The van der Waals surface area contributed by atoms with Crippen molar-refractivity contribution >= 4 is 52.0 Å². The highest BCUT2D eigenvalue weighted by Crippen LogP contribution is 2.21. The van der Waals surface area contributed by atoms with E-state index in [1.54, 1.807) is 23.0 Å². The number of halogens is 2. The summed E-state index contributed by atoms with van der Waals surface area (Å²) in [7, 11) is 0. The number of carbonyl (C=O) groups is 1. The minimum atomic E-state index is -0.450. The van der Waals surface area contributed by atoms with Crippen LogP contribution in [0.3, 0.4) is 0 Å². The fraction of sp³-hybridized carbons (Fsp3) is 0.235. The minimum Gasteiger partial charge on any atom is -0.321 e. The van der Waals surface area contributed by atoms with E-state index in [1.807, 2.05) is 13.8 Å². The van der Waals surface area contributed by atoms with Gasteiger partial charge in [0.05, 0.1) is 35.4 Å². The molecule has 2 aromatic heterocycles. The Hall–Kier alpha value is -3.11. The van der Waals surface area contributed by atoms with Crippen LogP contribution < -0.4 is 10.6 Å². The molecule has 4 heterocycles. The number of hydrazone groups is 1. The molecular weight excluding hydrogens is 417 g/mol. The third-order valence-corrected chi connectivity index (χ3v) is 4.61. The summed E-state index contributed by atoms with van der Waals surface area (Å²) in [4.78, 5) is 22.3. The number of pyridine rings is 1. The number of anilines is 1. The van der Waals surface area contributed by atoms with Gasteiger partial charge in [-0.15, -0.1) is 4.80 Å². The van der Waals surface area contributed by atoms with Crippen molar-refractivity contribution in [2.75, 3.05) is 5.32 Å². The largest absolute Gasteiger partial charge is 0.351 e. The average molecular weight is 433 g/mol. The van der Waals surface area contributed by atoms with E-state index < -0.39 is 12.1 Å². The van der Waals surface area contributed by atoms with Gasteiger partial charge in [0.25, 0.3) is 0 Å². The Balaban J connectivity index is 1.49. The highest BCUT2D eigenvalue weighted by atomic mass is 35.5. The van der Waals surface area contributed by atoms with Crippen molar-refractivity contribution in [3.8, 4) is 5.82 Å². The van der Waals surface area contributed by atoms with Gasteiger partial charge >= 0.3 is 11.9 Å². The first-order valence-corrected chi connectivity index (χ1v) is 9.44. The summed E-state index contributed by atoms with van der Waals surface area (Å²) in [6.07, 6.45) is 7.83. The van der Waals surface area contributed by atoms with Crippen LogP contribution in [-0.2, 0) is 0 Å².